The molecule has 9 heavy (non-hydrogen) atoms. The fourth-order valence-corrected chi connectivity index (χ4v) is 0.560. The summed E-state index contributed by atoms with van der Waals surface area (Å²) in [5.41, 5.74) is 0.747. The first-order valence-electron chi connectivity index (χ1n) is 3.09. The third-order valence-electron chi connectivity index (χ3n) is 1.29. The first kappa shape index (κ1) is 8.63. The van der Waals surface area contributed by atoms with Crippen LogP contribution >= 0.6 is 0 Å². The van der Waals surface area contributed by atoms with Gasteiger partial charge in [-0.05, 0) is 33.4 Å². The van der Waals surface area contributed by atoms with Gasteiger partial charge in [0.15, 0.2) is 0 Å². The van der Waals surface area contributed by atoms with E-state index < -0.39 is 0 Å². The summed E-state index contributed by atoms with van der Waals surface area (Å²) in [6.45, 7) is 5.33. The van der Waals surface area contributed by atoms with Crippen LogP contribution in [0.4, 0.5) is 4.39 Å². The number of halogens is 1. The molecule has 0 saturated carbocycles. The molecule has 0 heterocycles. The largest absolute Gasteiger partial charge is 0.311 e. The molecule has 1 N–H and O–H groups in total. The van der Waals surface area contributed by atoms with E-state index in [1.54, 1.807) is 27.8 Å². The zero-order valence-corrected chi connectivity index (χ0v) is 6.46. The Morgan fingerprint density at radius 3 is 2.00 bits per heavy atom. The fourth-order valence-electron chi connectivity index (χ4n) is 0.560. The number of rotatable bonds is 2. The molecule has 0 spiro atoms. The molecule has 1 nitrogen and oxygen atoms in total. The van der Waals surface area contributed by atoms with Crippen LogP contribution in [0.5, 0.6) is 0 Å². The summed E-state index contributed by atoms with van der Waals surface area (Å²) in [4.78, 5) is 0. The summed E-state index contributed by atoms with van der Waals surface area (Å²) < 4.78 is 12.7. The van der Waals surface area contributed by atoms with Gasteiger partial charge in [-0.1, -0.05) is 0 Å². The number of nitrogens with one attached hydrogen (secondary N) is 1. The van der Waals surface area contributed by atoms with Gasteiger partial charge >= 0.3 is 0 Å². The number of allylic oxidation sites excluding steroid dienone is 1. The topological polar surface area (TPSA) is 12.0 Å². The van der Waals surface area contributed by atoms with Crippen LogP contribution < -0.4 is 5.32 Å². The quantitative estimate of drug-likeness (QED) is 0.603. The van der Waals surface area contributed by atoms with E-state index in [4.69, 9.17) is 0 Å². The molecule has 0 radical (unpaired) electrons. The Labute approximate surface area is 56.0 Å². The van der Waals surface area contributed by atoms with Crippen LogP contribution in [0.15, 0.2) is 11.4 Å². The maximum Gasteiger partial charge on any atom is 0.115 e. The lowest BCUT2D eigenvalue weighted by Gasteiger charge is -2.07. The van der Waals surface area contributed by atoms with E-state index in [1.165, 1.54) is 0 Å². The van der Waals surface area contributed by atoms with Crippen LogP contribution in [0, 0.1) is 0 Å². The molecule has 0 aliphatic carbocycles. The van der Waals surface area contributed by atoms with Crippen molar-refractivity contribution in [2.24, 2.45) is 0 Å². The van der Waals surface area contributed by atoms with Gasteiger partial charge in [0.05, 0.1) is 6.04 Å². The van der Waals surface area contributed by atoms with Gasteiger partial charge < -0.3 is 5.32 Å². The highest BCUT2D eigenvalue weighted by atomic mass is 19.1. The summed E-state index contributed by atoms with van der Waals surface area (Å²) in [5, 5.41) is 2.81. The molecule has 54 valence electrons. The number of hydrogen-bond donors (Lipinski definition) is 1. The molecular formula is C7H14FN. The molecule has 0 fully saturated rings. The number of hydrogen-bond acceptors (Lipinski definition) is 1. The Kier molecular flexibility index (Phi) is 3.47. The fraction of sp³-hybridized carbons (Fsp3) is 0.714. The summed E-state index contributed by atoms with van der Waals surface area (Å²) in [6, 6.07) is -0.144. The number of likely N-dealkylation sites (N-methyl/N-ethyl adjacent to an activating group) is 1. The molecule has 1 atom stereocenters. The Morgan fingerprint density at radius 2 is 1.89 bits per heavy atom. The van der Waals surface area contributed by atoms with Crippen molar-refractivity contribution in [3.63, 3.8) is 0 Å². The van der Waals surface area contributed by atoms with Gasteiger partial charge in [0.1, 0.15) is 5.83 Å². The Balaban J connectivity index is 4.02. The normalized spacial score (nSPS) is 13.0. The summed E-state index contributed by atoms with van der Waals surface area (Å²) in [6.07, 6.45) is 0. The molecule has 0 bridgehead atoms. The lowest BCUT2D eigenvalue weighted by molar-refractivity contribution is 0.506. The third kappa shape index (κ3) is 2.61. The smallest absolute Gasteiger partial charge is 0.115 e. The minimum atomic E-state index is -0.144. The first-order valence-corrected chi connectivity index (χ1v) is 3.09. The van der Waals surface area contributed by atoms with E-state index in [9.17, 15) is 4.39 Å². The lowest BCUT2D eigenvalue weighted by Crippen LogP contribution is -2.22. The summed E-state index contributed by atoms with van der Waals surface area (Å²) in [5.74, 6) is -0.0579. The molecule has 1 unspecified atom stereocenters. The van der Waals surface area contributed by atoms with Crippen LogP contribution in [-0.2, 0) is 0 Å². The average molecular weight is 131 g/mol. The van der Waals surface area contributed by atoms with Crippen LogP contribution in [0.25, 0.3) is 0 Å². The minimum absolute atomic E-state index is 0.0579. The van der Waals surface area contributed by atoms with Gasteiger partial charge in [0.25, 0.3) is 0 Å². The maximum absolute atomic E-state index is 12.7. The summed E-state index contributed by atoms with van der Waals surface area (Å²) in [7, 11) is 1.74. The zero-order chi connectivity index (χ0) is 7.44. The molecule has 0 aromatic heterocycles. The van der Waals surface area contributed by atoms with Crippen molar-refractivity contribution in [3.8, 4) is 0 Å². The van der Waals surface area contributed by atoms with Gasteiger partial charge in [-0.15, -0.1) is 0 Å². The van der Waals surface area contributed by atoms with E-state index in [-0.39, 0.29) is 11.9 Å². The highest BCUT2D eigenvalue weighted by molar-refractivity contribution is 5.07. The first-order chi connectivity index (χ1) is 4.09. The van der Waals surface area contributed by atoms with E-state index >= 15 is 0 Å². The van der Waals surface area contributed by atoms with Gasteiger partial charge in [-0.25, -0.2) is 4.39 Å². The average Bonchev–Trinajstić information content (AvgIpc) is 1.84. The Morgan fingerprint density at radius 1 is 1.44 bits per heavy atom. The highest BCUT2D eigenvalue weighted by Crippen LogP contribution is 2.08. The van der Waals surface area contributed by atoms with Crippen molar-refractivity contribution in [3.05, 3.63) is 11.4 Å². The molecule has 0 rings (SSSR count). The second-order valence-corrected chi connectivity index (χ2v) is 2.36. The molecule has 0 aliphatic heterocycles. The van der Waals surface area contributed by atoms with Gasteiger partial charge in [0.2, 0.25) is 0 Å². The lowest BCUT2D eigenvalue weighted by atomic mass is 10.2. The molecule has 0 aliphatic rings. The van der Waals surface area contributed by atoms with Crippen molar-refractivity contribution >= 4 is 0 Å². The van der Waals surface area contributed by atoms with Crippen LogP contribution in [-0.4, -0.2) is 13.1 Å². The molecule has 0 aromatic rings. The predicted molar refractivity (Wildman–Crippen MR) is 38.0 cm³/mol. The van der Waals surface area contributed by atoms with Gasteiger partial charge in [0, 0.05) is 0 Å². The summed E-state index contributed by atoms with van der Waals surface area (Å²) >= 11 is 0. The second kappa shape index (κ2) is 3.62. The zero-order valence-electron chi connectivity index (χ0n) is 6.46. The molecular weight excluding hydrogens is 117 g/mol. The molecule has 0 aromatic carbocycles. The van der Waals surface area contributed by atoms with Crippen molar-refractivity contribution in [2.45, 2.75) is 26.8 Å². The standard InChI is InChI=1S/C7H14FN/c1-5(2)7(8)6(3)9-4/h6,9H,1-4H3. The van der Waals surface area contributed by atoms with E-state index in [1.807, 2.05) is 0 Å². The second-order valence-electron chi connectivity index (χ2n) is 2.36. The van der Waals surface area contributed by atoms with Gasteiger partial charge in [-0.2, -0.15) is 0 Å². The van der Waals surface area contributed by atoms with Crippen molar-refractivity contribution in [2.75, 3.05) is 7.05 Å². The van der Waals surface area contributed by atoms with Crippen molar-refractivity contribution in [1.82, 2.24) is 5.32 Å². The minimum Gasteiger partial charge on any atom is -0.311 e. The van der Waals surface area contributed by atoms with Crippen molar-refractivity contribution < 1.29 is 4.39 Å². The SMILES string of the molecule is CNC(C)C(F)=C(C)C. The Bertz CT molecular complexity index is 114. The monoisotopic (exact) mass is 131 g/mol. The molecule has 0 saturated heterocycles. The predicted octanol–water partition coefficient (Wildman–Crippen LogP) is 1.86. The van der Waals surface area contributed by atoms with Gasteiger partial charge in [-0.3, -0.25) is 0 Å². The van der Waals surface area contributed by atoms with Crippen molar-refractivity contribution in [1.29, 1.82) is 0 Å². The van der Waals surface area contributed by atoms with Crippen LogP contribution in [0.3, 0.4) is 0 Å². The molecule has 0 amide bonds. The Hall–Kier alpha value is -0.370. The molecule has 2 heteroatoms. The third-order valence-corrected chi connectivity index (χ3v) is 1.29. The van der Waals surface area contributed by atoms with E-state index in [0.29, 0.717) is 0 Å². The highest BCUT2D eigenvalue weighted by Gasteiger charge is 2.04. The van der Waals surface area contributed by atoms with Crippen LogP contribution in [0.1, 0.15) is 20.8 Å². The van der Waals surface area contributed by atoms with E-state index in [2.05, 4.69) is 5.32 Å². The van der Waals surface area contributed by atoms with E-state index in [0.717, 1.165) is 5.57 Å². The maximum atomic E-state index is 12.7. The van der Waals surface area contributed by atoms with Crippen LogP contribution in [0.2, 0.25) is 0 Å².